The number of hydrogen-bond acceptors (Lipinski definition) is 6. The number of ether oxygens (including phenoxy) is 3. The van der Waals surface area contributed by atoms with Gasteiger partial charge in [0.15, 0.2) is 0 Å². The molecule has 130 valence electrons. The van der Waals surface area contributed by atoms with Crippen molar-refractivity contribution in [2.45, 2.75) is 20.3 Å². The molecule has 1 N–H and O–H groups in total. The van der Waals surface area contributed by atoms with Gasteiger partial charge in [-0.2, -0.15) is 0 Å². The Kier molecular flexibility index (Phi) is 13.7. The van der Waals surface area contributed by atoms with Crippen LogP contribution in [0.3, 0.4) is 0 Å². The standard InChI is InChI=1S/C9H18N2O.C6H12O4/c1-3-10-5-6-11(9-10)7-8-12-4-2;1-9-4-5-10-3-2-6(7)8/h5-6H,3-4,7-9H2,1-2H3;2-5H2,1H3,(H,7,8). The Morgan fingerprint density at radius 3 is 2.36 bits per heavy atom. The predicted molar refractivity (Wildman–Crippen MR) is 84.5 cm³/mol. The monoisotopic (exact) mass is 318 g/mol. The highest BCUT2D eigenvalue weighted by Crippen LogP contribution is 2.04. The van der Waals surface area contributed by atoms with Gasteiger partial charge in [-0.25, -0.2) is 0 Å². The maximum atomic E-state index is 9.92. The maximum absolute atomic E-state index is 9.92. The van der Waals surface area contributed by atoms with Crippen LogP contribution in [0.5, 0.6) is 0 Å². The van der Waals surface area contributed by atoms with Gasteiger partial charge in [-0.3, -0.25) is 4.79 Å². The third-order valence-electron chi connectivity index (χ3n) is 2.88. The van der Waals surface area contributed by atoms with E-state index in [9.17, 15) is 4.79 Å². The Hall–Kier alpha value is -1.31. The van der Waals surface area contributed by atoms with E-state index in [0.29, 0.717) is 13.2 Å². The van der Waals surface area contributed by atoms with Crippen molar-refractivity contribution in [1.29, 1.82) is 0 Å². The van der Waals surface area contributed by atoms with Gasteiger partial charge in [-0.05, 0) is 13.8 Å². The maximum Gasteiger partial charge on any atom is 0.305 e. The zero-order chi connectivity index (χ0) is 16.6. The molecular weight excluding hydrogens is 288 g/mol. The minimum Gasteiger partial charge on any atom is -0.481 e. The van der Waals surface area contributed by atoms with Crippen LogP contribution in [-0.2, 0) is 19.0 Å². The number of methoxy groups -OCH3 is 1. The molecule has 0 aromatic carbocycles. The SMILES string of the molecule is CCOCCN1C=CN(CC)C1.COCCOCCC(=O)O. The van der Waals surface area contributed by atoms with Crippen molar-refractivity contribution in [1.82, 2.24) is 9.80 Å². The highest BCUT2D eigenvalue weighted by molar-refractivity contribution is 5.66. The average Bonchev–Trinajstić information content (AvgIpc) is 2.96. The third kappa shape index (κ3) is 12.4. The van der Waals surface area contributed by atoms with E-state index < -0.39 is 5.97 Å². The molecule has 1 aliphatic rings. The summed E-state index contributed by atoms with van der Waals surface area (Å²) in [6, 6.07) is 0. The summed E-state index contributed by atoms with van der Waals surface area (Å²) in [6.07, 6.45) is 4.32. The second kappa shape index (κ2) is 14.6. The number of carboxylic acids is 1. The minimum atomic E-state index is -0.836. The number of carboxylic acid groups (broad SMARTS) is 1. The largest absolute Gasteiger partial charge is 0.481 e. The van der Waals surface area contributed by atoms with Crippen molar-refractivity contribution >= 4 is 5.97 Å². The Morgan fingerprint density at radius 2 is 1.82 bits per heavy atom. The summed E-state index contributed by atoms with van der Waals surface area (Å²) >= 11 is 0. The third-order valence-corrected chi connectivity index (χ3v) is 2.88. The van der Waals surface area contributed by atoms with E-state index in [1.54, 1.807) is 7.11 Å². The van der Waals surface area contributed by atoms with E-state index in [2.05, 4.69) is 33.9 Å². The molecule has 7 nitrogen and oxygen atoms in total. The topological polar surface area (TPSA) is 71.5 Å². The average molecular weight is 318 g/mol. The van der Waals surface area contributed by atoms with Gasteiger partial charge in [0.05, 0.1) is 39.5 Å². The summed E-state index contributed by atoms with van der Waals surface area (Å²) in [5, 5.41) is 8.16. The fourth-order valence-corrected chi connectivity index (χ4v) is 1.60. The second-order valence-corrected chi connectivity index (χ2v) is 4.60. The van der Waals surface area contributed by atoms with Crippen LogP contribution in [-0.4, -0.2) is 80.8 Å². The smallest absolute Gasteiger partial charge is 0.305 e. The number of carbonyl (C=O) groups is 1. The first kappa shape index (κ1) is 20.7. The van der Waals surface area contributed by atoms with Crippen molar-refractivity contribution in [2.75, 3.05) is 59.9 Å². The van der Waals surface area contributed by atoms with Crippen LogP contribution < -0.4 is 0 Å². The normalized spacial score (nSPS) is 13.2. The van der Waals surface area contributed by atoms with E-state index in [1.807, 2.05) is 6.92 Å². The molecule has 0 bridgehead atoms. The molecule has 7 heteroatoms. The number of nitrogens with zero attached hydrogens (tertiary/aromatic N) is 2. The van der Waals surface area contributed by atoms with Gasteiger partial charge in [0, 0.05) is 39.2 Å². The first-order valence-corrected chi connectivity index (χ1v) is 7.66. The van der Waals surface area contributed by atoms with Gasteiger partial charge >= 0.3 is 5.97 Å². The summed E-state index contributed by atoms with van der Waals surface area (Å²) in [4.78, 5) is 14.5. The highest BCUT2D eigenvalue weighted by Gasteiger charge is 2.08. The van der Waals surface area contributed by atoms with Gasteiger partial charge in [-0.15, -0.1) is 0 Å². The first-order chi connectivity index (χ1) is 10.6. The fourth-order valence-electron chi connectivity index (χ4n) is 1.60. The molecule has 1 heterocycles. The molecule has 0 spiro atoms. The van der Waals surface area contributed by atoms with E-state index in [4.69, 9.17) is 14.6 Å². The van der Waals surface area contributed by atoms with E-state index >= 15 is 0 Å². The molecule has 1 rings (SSSR count). The van der Waals surface area contributed by atoms with Crippen LogP contribution in [0.25, 0.3) is 0 Å². The lowest BCUT2D eigenvalue weighted by Gasteiger charge is -2.19. The van der Waals surface area contributed by atoms with Crippen molar-refractivity contribution in [3.05, 3.63) is 12.4 Å². The number of rotatable bonds is 11. The summed E-state index contributed by atoms with van der Waals surface area (Å²) < 4.78 is 14.8. The van der Waals surface area contributed by atoms with Crippen LogP contribution in [0, 0.1) is 0 Å². The van der Waals surface area contributed by atoms with Crippen LogP contribution in [0.2, 0.25) is 0 Å². The summed E-state index contributed by atoms with van der Waals surface area (Å²) in [7, 11) is 1.57. The Morgan fingerprint density at radius 1 is 1.09 bits per heavy atom. The van der Waals surface area contributed by atoms with Gasteiger partial charge in [0.25, 0.3) is 0 Å². The highest BCUT2D eigenvalue weighted by atomic mass is 16.5. The molecule has 22 heavy (non-hydrogen) atoms. The summed E-state index contributed by atoms with van der Waals surface area (Å²) in [5.41, 5.74) is 0. The lowest BCUT2D eigenvalue weighted by molar-refractivity contribution is -0.138. The Balaban J connectivity index is 0.000000409. The lowest BCUT2D eigenvalue weighted by atomic mass is 10.5. The quantitative estimate of drug-likeness (QED) is 0.574. The molecule has 0 saturated heterocycles. The fraction of sp³-hybridized carbons (Fsp3) is 0.800. The molecule has 0 atom stereocenters. The van der Waals surface area contributed by atoms with Gasteiger partial charge in [0.2, 0.25) is 0 Å². The van der Waals surface area contributed by atoms with Crippen molar-refractivity contribution in [2.24, 2.45) is 0 Å². The van der Waals surface area contributed by atoms with E-state index in [0.717, 1.165) is 33.0 Å². The van der Waals surface area contributed by atoms with Crippen molar-refractivity contribution < 1.29 is 24.1 Å². The molecule has 0 aromatic rings. The van der Waals surface area contributed by atoms with Gasteiger partial charge < -0.3 is 29.1 Å². The number of hydrogen-bond donors (Lipinski definition) is 1. The molecule has 0 aromatic heterocycles. The van der Waals surface area contributed by atoms with Gasteiger partial charge in [0.1, 0.15) is 0 Å². The molecule has 0 unspecified atom stereocenters. The van der Waals surface area contributed by atoms with Crippen molar-refractivity contribution in [3.8, 4) is 0 Å². The Bertz CT molecular complexity index is 300. The number of aliphatic carboxylic acids is 1. The summed E-state index contributed by atoms with van der Waals surface area (Å²) in [6.45, 7) is 10.2. The van der Waals surface area contributed by atoms with Crippen LogP contribution in [0.1, 0.15) is 20.3 Å². The van der Waals surface area contributed by atoms with Crippen LogP contribution >= 0.6 is 0 Å². The lowest BCUT2D eigenvalue weighted by Crippen LogP contribution is -2.27. The van der Waals surface area contributed by atoms with Crippen molar-refractivity contribution in [3.63, 3.8) is 0 Å². The van der Waals surface area contributed by atoms with Crippen LogP contribution in [0.4, 0.5) is 0 Å². The Labute approximate surface area is 133 Å². The first-order valence-electron chi connectivity index (χ1n) is 7.66. The molecule has 0 fully saturated rings. The molecular formula is C15H30N2O5. The predicted octanol–water partition coefficient (Wildman–Crippen LogP) is 1.21. The molecule has 0 amide bonds. The molecule has 0 saturated carbocycles. The van der Waals surface area contributed by atoms with E-state index in [-0.39, 0.29) is 13.0 Å². The summed E-state index contributed by atoms with van der Waals surface area (Å²) in [5.74, 6) is -0.836. The second-order valence-electron chi connectivity index (χ2n) is 4.60. The zero-order valence-electron chi connectivity index (χ0n) is 14.0. The minimum absolute atomic E-state index is 0.0592. The molecule has 1 aliphatic heterocycles. The zero-order valence-corrected chi connectivity index (χ0v) is 14.0. The molecule has 0 aliphatic carbocycles. The molecule has 0 radical (unpaired) electrons. The van der Waals surface area contributed by atoms with Crippen LogP contribution in [0.15, 0.2) is 12.4 Å². The van der Waals surface area contributed by atoms with Gasteiger partial charge in [-0.1, -0.05) is 0 Å². The van der Waals surface area contributed by atoms with E-state index in [1.165, 1.54) is 0 Å².